The number of hydrogen-bond donors (Lipinski definition) is 1. The number of rotatable bonds is 54. The first kappa shape index (κ1) is 86.3. The normalized spacial score (nSPS) is 11.8. The van der Waals surface area contributed by atoms with E-state index in [4.69, 9.17) is 49.0 Å². The van der Waals surface area contributed by atoms with Crippen LogP contribution in [0.5, 0.6) is 40.2 Å². The highest BCUT2D eigenvalue weighted by atomic mass is 16.5. The number of benzene rings is 8. The molecule has 0 fully saturated rings. The summed E-state index contributed by atoms with van der Waals surface area (Å²) < 4.78 is 32.0. The summed E-state index contributed by atoms with van der Waals surface area (Å²) in [6.07, 6.45) is 55.5. The number of aromatic nitrogens is 9. The van der Waals surface area contributed by atoms with Gasteiger partial charge in [-0.25, -0.2) is 19.9 Å². The van der Waals surface area contributed by atoms with E-state index in [1.54, 1.807) is 6.07 Å². The lowest BCUT2D eigenvalue weighted by molar-refractivity contribution is 0.322. The highest BCUT2D eigenvalue weighted by molar-refractivity contribution is 6.51. The highest BCUT2D eigenvalue weighted by Crippen LogP contribution is 2.42. The van der Waals surface area contributed by atoms with E-state index in [1.807, 2.05) is 55.6 Å². The molecule has 0 aliphatic carbocycles. The molecule has 0 radical (unpaired) electrons. The Morgan fingerprint density at radius 3 is 1.14 bits per heavy atom. The maximum Gasteiger partial charge on any atom is 0.419 e. The van der Waals surface area contributed by atoms with Gasteiger partial charge in [0.2, 0.25) is 0 Å². The van der Waals surface area contributed by atoms with Crippen molar-refractivity contribution in [1.29, 1.82) is 0 Å². The van der Waals surface area contributed by atoms with Gasteiger partial charge in [-0.05, 0) is 189 Å². The molecular weight excluding hydrogens is 1450 g/mol. The van der Waals surface area contributed by atoms with E-state index < -0.39 is 7.05 Å². The fourth-order valence-electron chi connectivity index (χ4n) is 17.3. The van der Waals surface area contributed by atoms with E-state index in [0.29, 0.717) is 70.2 Å². The summed E-state index contributed by atoms with van der Waals surface area (Å²) in [4.78, 5) is 24.2. The summed E-state index contributed by atoms with van der Waals surface area (Å²) in [5, 5.41) is 24.1. The van der Waals surface area contributed by atoms with E-state index in [1.165, 1.54) is 253 Å². The number of aromatic hydroxyl groups is 1. The van der Waals surface area contributed by atoms with Crippen molar-refractivity contribution in [2.75, 3.05) is 6.61 Å². The third kappa shape index (κ3) is 24.8. The maximum absolute atomic E-state index is 11.2. The first-order chi connectivity index (χ1) is 58.2. The molecule has 0 saturated carbocycles. The molecule has 118 heavy (non-hydrogen) atoms. The molecule has 14 nitrogen and oxygen atoms in total. The first-order valence-corrected chi connectivity index (χ1v) is 46.3. The van der Waals surface area contributed by atoms with Gasteiger partial charge in [0.25, 0.3) is 0 Å². The highest BCUT2D eigenvalue weighted by Gasteiger charge is 2.28. The van der Waals surface area contributed by atoms with Gasteiger partial charge in [0.05, 0.1) is 0 Å². The number of hydrogen-bond acceptors (Lipinski definition) is 11. The van der Waals surface area contributed by atoms with E-state index in [0.717, 1.165) is 105 Å². The molecule has 622 valence electrons. The zero-order valence-corrected chi connectivity index (χ0v) is 72.0. The summed E-state index contributed by atoms with van der Waals surface area (Å²) in [5.41, 5.74) is 11.0. The van der Waals surface area contributed by atoms with Gasteiger partial charge in [0, 0.05) is 46.3 Å². The molecule has 0 atom stereocenters. The van der Waals surface area contributed by atoms with Crippen LogP contribution >= 0.6 is 0 Å². The van der Waals surface area contributed by atoms with Gasteiger partial charge in [-0.15, -0.1) is 15.0 Å². The van der Waals surface area contributed by atoms with E-state index >= 15 is 0 Å². The third-order valence-electron chi connectivity index (χ3n) is 24.1. The van der Waals surface area contributed by atoms with Crippen molar-refractivity contribution >= 4 is 62.2 Å². The van der Waals surface area contributed by atoms with E-state index in [9.17, 15) is 5.11 Å². The molecule has 0 unspecified atom stereocenters. The number of phenolic OH excluding ortho intramolecular Hbond substituents is 1. The molecule has 12 aromatic rings. The van der Waals surface area contributed by atoms with Gasteiger partial charge < -0.3 is 33.0 Å². The van der Waals surface area contributed by atoms with Crippen LogP contribution in [0.25, 0.3) is 83.6 Å². The molecule has 5 heterocycles. The standard InChI is InChI=1S/C103H132BN9O5/c1-6-9-12-15-18-21-24-27-30-33-36-39-42-50-78-53-47-56-82(71-78)116-85-62-65-88-91(75-85)99-105-98(88)107-103-93-77-87(118-84-58-49-55-80(73-84)52-44-41-38-35-32-29-26-23-20-17-14-11-8-3)64-67-90(93)102(112(103)104(4)115-70-69-81-61-68-97(114)96(74-81)113-109-94-59-45-46-60-95(94)110-113)108-100-89-66-63-86(76-92(89)101(106-99)111(100)5)117-83-57-48-54-79(72-83)51-43-40-37-34-31-28-25-22-19-16-13-10-7-2/h45-49,53-68,71-77,114H,6-44,50-52,69-70H2,1-5H3. The minimum absolute atomic E-state index is 0.0818. The summed E-state index contributed by atoms with van der Waals surface area (Å²) >= 11 is 0. The molecule has 1 aliphatic rings. The third-order valence-corrected chi connectivity index (χ3v) is 24.1. The maximum atomic E-state index is 11.2. The van der Waals surface area contributed by atoms with Crippen molar-refractivity contribution in [1.82, 2.24) is 44.0 Å². The van der Waals surface area contributed by atoms with Crippen LogP contribution in [-0.4, -0.2) is 62.7 Å². The molecule has 15 heteroatoms. The van der Waals surface area contributed by atoms with Gasteiger partial charge >= 0.3 is 7.05 Å². The number of ether oxygens (including phenoxy) is 3. The minimum atomic E-state index is -0.634. The molecule has 0 saturated heterocycles. The Kier molecular flexibility index (Phi) is 33.7. The number of nitrogens with zero attached hydrogens (tertiary/aromatic N) is 9. The Labute approximate surface area is 704 Å². The van der Waals surface area contributed by atoms with Gasteiger partial charge in [0.1, 0.15) is 79.6 Å². The average Bonchev–Trinajstić information content (AvgIpc) is 1.57. The SMILES string of the molecule is CCCCCCCCCCCCCCCc1cccc(Oc2ccc3c(c2)-c2nc-3nc3c4cc(Oc5cccc(CCCCCCCCCCCCCCC)c5)ccc4c(nc4c5ccc(Oc6cccc(CCCCCCCCCCCCCCC)c6)cc5c(n2)n4C)n3B(C)OCCc2ccc(O)c(-n3nc4ccccc4n3)c2)c1. The van der Waals surface area contributed by atoms with Crippen LogP contribution in [0.15, 0.2) is 170 Å². The Hall–Kier alpha value is -9.60. The number of phenols is 1. The molecule has 1 aliphatic heterocycles. The fraction of sp³-hybridized carbons (Fsp3) is 0.476. The summed E-state index contributed by atoms with van der Waals surface area (Å²) in [6, 6.07) is 57.8. The van der Waals surface area contributed by atoms with Crippen LogP contribution in [0, 0.1) is 0 Å². The topological polar surface area (TPSA) is 149 Å². The lowest BCUT2D eigenvalue weighted by atomic mass is 9.87. The first-order valence-electron chi connectivity index (χ1n) is 46.3. The fourth-order valence-corrected chi connectivity index (χ4v) is 17.3. The predicted octanol–water partition coefficient (Wildman–Crippen LogP) is 29.7. The second-order valence-corrected chi connectivity index (χ2v) is 33.7. The van der Waals surface area contributed by atoms with Crippen molar-refractivity contribution in [2.24, 2.45) is 7.05 Å². The van der Waals surface area contributed by atoms with Crippen molar-refractivity contribution in [3.05, 3.63) is 192 Å². The summed E-state index contributed by atoms with van der Waals surface area (Å²) in [6.45, 7) is 9.25. The lowest BCUT2D eigenvalue weighted by Crippen LogP contribution is -2.26. The Morgan fingerprint density at radius 1 is 0.314 bits per heavy atom. The van der Waals surface area contributed by atoms with Gasteiger partial charge in [-0.2, -0.15) is 0 Å². The van der Waals surface area contributed by atoms with Crippen molar-refractivity contribution in [3.63, 3.8) is 0 Å². The van der Waals surface area contributed by atoms with E-state index in [-0.39, 0.29) is 5.75 Å². The van der Waals surface area contributed by atoms with Crippen LogP contribution < -0.4 is 14.2 Å². The van der Waals surface area contributed by atoms with Crippen LogP contribution in [-0.2, 0) is 37.4 Å². The second kappa shape index (κ2) is 46.1. The molecule has 1 N–H and O–H groups in total. The van der Waals surface area contributed by atoms with Crippen LogP contribution in [0.2, 0.25) is 6.82 Å². The molecule has 6 bridgehead atoms. The van der Waals surface area contributed by atoms with Crippen molar-refractivity contribution in [2.45, 2.75) is 304 Å². The Balaban J connectivity index is 0.813. The molecule has 13 rings (SSSR count). The van der Waals surface area contributed by atoms with Crippen LogP contribution in [0.3, 0.4) is 0 Å². The monoisotopic (exact) mass is 1590 g/mol. The van der Waals surface area contributed by atoms with Gasteiger partial charge in [-0.3, -0.25) is 0 Å². The lowest BCUT2D eigenvalue weighted by Gasteiger charge is -2.14. The summed E-state index contributed by atoms with van der Waals surface area (Å²) in [5.74, 6) is 5.47. The molecule has 0 spiro atoms. The van der Waals surface area contributed by atoms with Crippen molar-refractivity contribution in [3.8, 4) is 68.7 Å². The van der Waals surface area contributed by atoms with Gasteiger partial charge in [-0.1, -0.05) is 307 Å². The molecular formula is C103H132BN9O5. The zero-order chi connectivity index (χ0) is 81.3. The van der Waals surface area contributed by atoms with E-state index in [2.05, 4.69) is 152 Å². The number of fused-ring (bicyclic) bond motifs is 16. The minimum Gasteiger partial charge on any atom is -0.506 e. The average molecular weight is 1590 g/mol. The largest absolute Gasteiger partial charge is 0.506 e. The van der Waals surface area contributed by atoms with Crippen molar-refractivity contribution < 1.29 is 24.0 Å². The Bertz CT molecular complexity index is 5170. The molecule has 0 amide bonds. The van der Waals surface area contributed by atoms with Crippen LogP contribution in [0.1, 0.15) is 293 Å². The van der Waals surface area contributed by atoms with Crippen LogP contribution in [0.4, 0.5) is 0 Å². The summed E-state index contributed by atoms with van der Waals surface area (Å²) in [7, 11) is 1.41. The number of unbranched alkanes of at least 4 members (excludes halogenated alkanes) is 36. The zero-order valence-electron chi connectivity index (χ0n) is 72.0. The predicted molar refractivity (Wildman–Crippen MR) is 492 cm³/mol. The number of aryl methyl sites for hydroxylation is 4. The van der Waals surface area contributed by atoms with Gasteiger partial charge in [0.15, 0.2) is 11.6 Å². The smallest absolute Gasteiger partial charge is 0.419 e. The Morgan fingerprint density at radius 2 is 0.678 bits per heavy atom. The molecule has 8 aromatic carbocycles. The second-order valence-electron chi connectivity index (χ2n) is 33.7. The quantitative estimate of drug-likeness (QED) is 0.0287. The molecule has 4 aromatic heterocycles.